The number of carbonyl (C=O) groups is 1. The number of anilines is 1. The van der Waals surface area contributed by atoms with Crippen LogP contribution in [0.4, 0.5) is 10.2 Å². The van der Waals surface area contributed by atoms with Gasteiger partial charge in [-0.2, -0.15) is 19.9 Å². The van der Waals surface area contributed by atoms with E-state index in [9.17, 15) is 14.0 Å². The number of carbonyl (C=O) groups excluding carboxylic acids is 1. The molecule has 0 aliphatic heterocycles. The molecule has 0 bridgehead atoms. The molecule has 0 aliphatic rings. The third kappa shape index (κ3) is 3.87. The van der Waals surface area contributed by atoms with Crippen molar-refractivity contribution in [2.75, 3.05) is 5.32 Å². The summed E-state index contributed by atoms with van der Waals surface area (Å²) in [5.74, 6) is -0.543. The van der Waals surface area contributed by atoms with Crippen molar-refractivity contribution in [1.29, 1.82) is 0 Å². The number of benzene rings is 2. The average molecular weight is 464 g/mol. The minimum absolute atomic E-state index is 0.0886. The number of nitrogens with one attached hydrogen (secondary N) is 2. The molecule has 0 radical (unpaired) electrons. The zero-order valence-electron chi connectivity index (χ0n) is 17.1. The third-order valence-corrected chi connectivity index (χ3v) is 5.13. The van der Waals surface area contributed by atoms with Gasteiger partial charge < -0.3 is 5.32 Å². The van der Waals surface area contributed by atoms with Gasteiger partial charge in [0.25, 0.3) is 11.5 Å². The Morgan fingerprint density at radius 1 is 1.09 bits per heavy atom. The van der Waals surface area contributed by atoms with Gasteiger partial charge >= 0.3 is 0 Å². The number of H-pyrrole nitrogens is 1. The number of amides is 1. The maximum absolute atomic E-state index is 13.2. The second-order valence-corrected chi connectivity index (χ2v) is 7.64. The van der Waals surface area contributed by atoms with Gasteiger partial charge in [0.1, 0.15) is 17.0 Å². The van der Waals surface area contributed by atoms with Crippen molar-refractivity contribution in [3.63, 3.8) is 0 Å². The van der Waals surface area contributed by atoms with Crippen molar-refractivity contribution >= 4 is 34.4 Å². The molecule has 0 atom stereocenters. The van der Waals surface area contributed by atoms with Crippen molar-refractivity contribution in [1.82, 2.24) is 29.5 Å². The van der Waals surface area contributed by atoms with Crippen LogP contribution in [0.15, 0.2) is 65.6 Å². The van der Waals surface area contributed by atoms with Gasteiger partial charge in [-0.1, -0.05) is 11.6 Å². The number of nitrogens with zero attached hydrogens (tertiary/aromatic N) is 5. The van der Waals surface area contributed by atoms with Crippen LogP contribution in [0.5, 0.6) is 0 Å². The minimum atomic E-state index is -0.467. The van der Waals surface area contributed by atoms with Crippen molar-refractivity contribution in [2.45, 2.75) is 6.92 Å². The van der Waals surface area contributed by atoms with E-state index in [4.69, 9.17) is 11.6 Å². The van der Waals surface area contributed by atoms with Crippen LogP contribution in [0.25, 0.3) is 22.7 Å². The fourth-order valence-corrected chi connectivity index (χ4v) is 3.44. The average Bonchev–Trinajstić information content (AvgIpc) is 3.38. The Labute approximate surface area is 190 Å². The fraction of sp³-hybridized carbons (Fsp3) is 0.0455. The Kier molecular flexibility index (Phi) is 4.98. The Balaban J connectivity index is 1.58. The Bertz CT molecular complexity index is 1550. The van der Waals surface area contributed by atoms with E-state index < -0.39 is 17.3 Å². The maximum atomic E-state index is 13.2. The summed E-state index contributed by atoms with van der Waals surface area (Å²) in [7, 11) is 0. The van der Waals surface area contributed by atoms with Gasteiger partial charge in [0.2, 0.25) is 5.95 Å². The molecule has 0 unspecified atom stereocenters. The molecule has 3 heterocycles. The Hall–Kier alpha value is -4.31. The summed E-state index contributed by atoms with van der Waals surface area (Å²) in [5, 5.41) is 12.2. The van der Waals surface area contributed by atoms with E-state index in [1.165, 1.54) is 39.8 Å². The molecule has 0 saturated heterocycles. The second kappa shape index (κ2) is 7.99. The molecule has 11 heteroatoms. The van der Waals surface area contributed by atoms with E-state index in [1.54, 1.807) is 37.3 Å². The van der Waals surface area contributed by atoms with Gasteiger partial charge in [-0.05, 0) is 55.5 Å². The van der Waals surface area contributed by atoms with Gasteiger partial charge in [-0.3, -0.25) is 14.6 Å². The molecule has 33 heavy (non-hydrogen) atoms. The number of hydrogen-bond donors (Lipinski definition) is 2. The van der Waals surface area contributed by atoms with Crippen LogP contribution in [0.3, 0.4) is 0 Å². The highest BCUT2D eigenvalue weighted by atomic mass is 35.5. The highest BCUT2D eigenvalue weighted by Gasteiger charge is 2.17. The van der Waals surface area contributed by atoms with Gasteiger partial charge in [0.05, 0.1) is 17.6 Å². The number of halogens is 2. The molecular weight excluding hydrogens is 449 g/mol. The van der Waals surface area contributed by atoms with E-state index in [-0.39, 0.29) is 22.7 Å². The van der Waals surface area contributed by atoms with E-state index in [0.29, 0.717) is 22.1 Å². The van der Waals surface area contributed by atoms with E-state index in [1.807, 2.05) is 0 Å². The van der Waals surface area contributed by atoms with Crippen LogP contribution >= 0.6 is 11.6 Å². The van der Waals surface area contributed by atoms with Crippen molar-refractivity contribution in [3.05, 3.63) is 93.2 Å². The van der Waals surface area contributed by atoms with Gasteiger partial charge in [-0.15, -0.1) is 0 Å². The molecule has 2 N–H and O–H groups in total. The molecule has 0 saturated carbocycles. The normalized spacial score (nSPS) is 11.1. The predicted molar refractivity (Wildman–Crippen MR) is 121 cm³/mol. The fourth-order valence-electron chi connectivity index (χ4n) is 3.32. The first-order chi connectivity index (χ1) is 15.9. The molecule has 0 aliphatic carbocycles. The van der Waals surface area contributed by atoms with Crippen molar-refractivity contribution in [3.8, 4) is 11.6 Å². The summed E-state index contributed by atoms with van der Waals surface area (Å²) in [4.78, 5) is 32.6. The molecule has 0 fully saturated rings. The zero-order valence-corrected chi connectivity index (χ0v) is 17.8. The summed E-state index contributed by atoms with van der Waals surface area (Å²) in [6.45, 7) is 1.73. The highest BCUT2D eigenvalue weighted by molar-refractivity contribution is 6.30. The topological polar surface area (TPSA) is 110 Å². The molecule has 3 aromatic heterocycles. The Morgan fingerprint density at radius 2 is 1.82 bits per heavy atom. The standard InChI is InChI=1S/C22H15ClFN7O2/c1-12-10-18(26-20(32)13-2-6-15(24)7-3-13)31(29-12)22-27-19-17(21(33)28-22)11-25-30(19)16-8-4-14(23)5-9-16/h2-11H,1H3,(H,26,32)(H,27,28,33). The lowest BCUT2D eigenvalue weighted by Gasteiger charge is -2.09. The highest BCUT2D eigenvalue weighted by Crippen LogP contribution is 2.20. The Morgan fingerprint density at radius 3 is 2.55 bits per heavy atom. The third-order valence-electron chi connectivity index (χ3n) is 4.88. The summed E-state index contributed by atoms with van der Waals surface area (Å²) >= 11 is 5.97. The second-order valence-electron chi connectivity index (χ2n) is 7.20. The molecule has 5 aromatic rings. The molecular formula is C22H15ClFN7O2. The van der Waals surface area contributed by atoms with E-state index in [2.05, 4.69) is 25.5 Å². The van der Waals surface area contributed by atoms with Crippen LogP contribution in [-0.4, -0.2) is 35.4 Å². The molecule has 9 nitrogen and oxygen atoms in total. The minimum Gasteiger partial charge on any atom is -0.306 e. The van der Waals surface area contributed by atoms with Gasteiger partial charge in [0, 0.05) is 16.7 Å². The number of aromatic nitrogens is 6. The molecule has 2 aromatic carbocycles. The number of rotatable bonds is 4. The summed E-state index contributed by atoms with van der Waals surface area (Å²) in [6.07, 6.45) is 1.42. The summed E-state index contributed by atoms with van der Waals surface area (Å²) in [5.41, 5.74) is 1.40. The van der Waals surface area contributed by atoms with Crippen LogP contribution in [0.1, 0.15) is 16.1 Å². The van der Waals surface area contributed by atoms with Crippen molar-refractivity contribution in [2.24, 2.45) is 0 Å². The lowest BCUT2D eigenvalue weighted by molar-refractivity contribution is 0.102. The number of aryl methyl sites for hydroxylation is 1. The van der Waals surface area contributed by atoms with Crippen LogP contribution in [-0.2, 0) is 0 Å². The zero-order chi connectivity index (χ0) is 23.1. The van der Waals surface area contributed by atoms with Crippen LogP contribution in [0.2, 0.25) is 5.02 Å². The van der Waals surface area contributed by atoms with E-state index >= 15 is 0 Å². The summed E-state index contributed by atoms with van der Waals surface area (Å²) < 4.78 is 16.0. The quantitative estimate of drug-likeness (QED) is 0.422. The predicted octanol–water partition coefficient (Wildman–Crippen LogP) is 3.65. The summed E-state index contributed by atoms with van der Waals surface area (Å²) in [6, 6.07) is 13.7. The first-order valence-electron chi connectivity index (χ1n) is 9.77. The molecule has 0 spiro atoms. The molecule has 5 rings (SSSR count). The van der Waals surface area contributed by atoms with Crippen LogP contribution < -0.4 is 10.9 Å². The lowest BCUT2D eigenvalue weighted by Crippen LogP contribution is -2.19. The SMILES string of the molecule is Cc1cc(NC(=O)c2ccc(F)cc2)n(-c2nc3c(cnn3-c3ccc(Cl)cc3)c(=O)[nH]2)n1. The number of aromatic amines is 1. The van der Waals surface area contributed by atoms with Gasteiger partial charge in [0.15, 0.2) is 5.65 Å². The number of fused-ring (bicyclic) bond motifs is 1. The smallest absolute Gasteiger partial charge is 0.263 e. The van der Waals surface area contributed by atoms with Gasteiger partial charge in [-0.25, -0.2) is 9.07 Å². The monoisotopic (exact) mass is 463 g/mol. The first-order valence-corrected chi connectivity index (χ1v) is 10.1. The lowest BCUT2D eigenvalue weighted by atomic mass is 10.2. The maximum Gasteiger partial charge on any atom is 0.263 e. The first kappa shape index (κ1) is 20.6. The molecule has 1 amide bonds. The van der Waals surface area contributed by atoms with Crippen molar-refractivity contribution < 1.29 is 9.18 Å². The van der Waals surface area contributed by atoms with Crippen LogP contribution in [0, 0.1) is 12.7 Å². The number of hydrogen-bond acceptors (Lipinski definition) is 5. The van der Waals surface area contributed by atoms with E-state index in [0.717, 1.165) is 0 Å². The largest absolute Gasteiger partial charge is 0.306 e. The molecule has 164 valence electrons.